The van der Waals surface area contributed by atoms with E-state index in [0.29, 0.717) is 12.8 Å². The lowest BCUT2D eigenvalue weighted by molar-refractivity contribution is -0.145. The lowest BCUT2D eigenvalue weighted by Crippen LogP contribution is -2.43. The van der Waals surface area contributed by atoms with Gasteiger partial charge >= 0.3 is 5.97 Å². The molecular formula is C21H19N3O3S. The Morgan fingerprint density at radius 2 is 1.79 bits per heavy atom. The normalized spacial score (nSPS) is 14.4. The van der Waals surface area contributed by atoms with Crippen LogP contribution in [0.1, 0.15) is 22.6 Å². The van der Waals surface area contributed by atoms with Crippen molar-refractivity contribution in [1.29, 1.82) is 0 Å². The fraction of sp³-hybridized carbons (Fsp3) is 0.238. The number of fused-ring (bicyclic) bond motifs is 1. The molecule has 7 heteroatoms. The van der Waals surface area contributed by atoms with Gasteiger partial charge < -0.3 is 10.4 Å². The van der Waals surface area contributed by atoms with E-state index in [4.69, 9.17) is 0 Å². The van der Waals surface area contributed by atoms with Crippen LogP contribution in [-0.2, 0) is 29.0 Å². The molecule has 0 aliphatic heterocycles. The van der Waals surface area contributed by atoms with Gasteiger partial charge in [0, 0.05) is 11.6 Å². The van der Waals surface area contributed by atoms with Crippen LogP contribution in [0.2, 0.25) is 0 Å². The number of hydrogen-bond donors (Lipinski definition) is 2. The van der Waals surface area contributed by atoms with E-state index >= 15 is 0 Å². The quantitative estimate of drug-likeness (QED) is 0.671. The average molecular weight is 393 g/mol. The number of amides is 1. The first-order chi connectivity index (χ1) is 13.6. The molecule has 0 saturated carbocycles. The van der Waals surface area contributed by atoms with E-state index in [1.54, 1.807) is 6.20 Å². The molecule has 1 amide bonds. The molecule has 0 atom stereocenters. The highest BCUT2D eigenvalue weighted by atomic mass is 32.1. The van der Waals surface area contributed by atoms with Gasteiger partial charge in [0.05, 0.1) is 29.8 Å². The van der Waals surface area contributed by atoms with Crippen LogP contribution in [0, 0.1) is 5.41 Å². The van der Waals surface area contributed by atoms with Crippen LogP contribution in [0.4, 0.5) is 0 Å². The van der Waals surface area contributed by atoms with Crippen LogP contribution < -0.4 is 5.32 Å². The summed E-state index contributed by atoms with van der Waals surface area (Å²) in [6.07, 6.45) is 2.41. The summed E-state index contributed by atoms with van der Waals surface area (Å²) in [6.45, 7) is 0.272. The standard InChI is InChI=1S/C21H19N3O3S/c25-19(26)11-21(9-14-5-1-2-6-15(14)10-21)20(27)23-12-18-24-17(13-28-18)16-7-3-4-8-22-16/h1-8,13H,9-12H2,(H,23,27)(H,25,26). The second-order valence-electron chi connectivity index (χ2n) is 7.00. The lowest BCUT2D eigenvalue weighted by atomic mass is 9.80. The number of hydrogen-bond acceptors (Lipinski definition) is 5. The van der Waals surface area contributed by atoms with Gasteiger partial charge in [-0.05, 0) is 36.1 Å². The molecule has 142 valence electrons. The topological polar surface area (TPSA) is 92.2 Å². The number of pyridine rings is 1. The van der Waals surface area contributed by atoms with Crippen molar-refractivity contribution in [3.8, 4) is 11.4 Å². The molecule has 1 aliphatic rings. The summed E-state index contributed by atoms with van der Waals surface area (Å²) in [4.78, 5) is 33.3. The van der Waals surface area contributed by atoms with Crippen LogP contribution >= 0.6 is 11.3 Å². The Balaban J connectivity index is 1.47. The van der Waals surface area contributed by atoms with Crippen LogP contribution in [0.15, 0.2) is 54.0 Å². The molecule has 2 aromatic heterocycles. The first-order valence-corrected chi connectivity index (χ1v) is 9.86. The molecule has 2 N–H and O–H groups in total. The summed E-state index contributed by atoms with van der Waals surface area (Å²) in [5.74, 6) is -1.20. The SMILES string of the molecule is O=C(O)CC1(C(=O)NCc2nc(-c3ccccn3)cs2)Cc2ccccc2C1. The molecule has 0 fully saturated rings. The third-order valence-corrected chi connectivity index (χ3v) is 5.88. The van der Waals surface area contributed by atoms with Crippen molar-refractivity contribution in [3.63, 3.8) is 0 Å². The minimum atomic E-state index is -0.963. The summed E-state index contributed by atoms with van der Waals surface area (Å²) >= 11 is 1.45. The Kier molecular flexibility index (Phi) is 4.92. The molecule has 1 aliphatic carbocycles. The second kappa shape index (κ2) is 7.52. The molecule has 0 saturated heterocycles. The molecule has 0 bridgehead atoms. The molecule has 0 spiro atoms. The third-order valence-electron chi connectivity index (χ3n) is 5.03. The zero-order valence-corrected chi connectivity index (χ0v) is 15.9. The second-order valence-corrected chi connectivity index (χ2v) is 7.94. The highest BCUT2D eigenvalue weighted by molar-refractivity contribution is 7.09. The van der Waals surface area contributed by atoms with Crippen molar-refractivity contribution in [2.45, 2.75) is 25.8 Å². The van der Waals surface area contributed by atoms with Crippen LogP contribution in [-0.4, -0.2) is 27.0 Å². The minimum absolute atomic E-state index is 0.190. The smallest absolute Gasteiger partial charge is 0.304 e. The van der Waals surface area contributed by atoms with Crippen molar-refractivity contribution in [2.75, 3.05) is 0 Å². The first-order valence-electron chi connectivity index (χ1n) is 8.98. The first kappa shape index (κ1) is 18.3. The largest absolute Gasteiger partial charge is 0.481 e. The van der Waals surface area contributed by atoms with Gasteiger partial charge in [-0.1, -0.05) is 30.3 Å². The van der Waals surface area contributed by atoms with E-state index in [2.05, 4.69) is 15.3 Å². The summed E-state index contributed by atoms with van der Waals surface area (Å²) in [5.41, 5.74) is 2.70. The number of carbonyl (C=O) groups excluding carboxylic acids is 1. The van der Waals surface area contributed by atoms with E-state index in [1.807, 2.05) is 47.8 Å². The Morgan fingerprint density at radius 3 is 2.43 bits per heavy atom. The van der Waals surface area contributed by atoms with Crippen molar-refractivity contribution in [1.82, 2.24) is 15.3 Å². The van der Waals surface area contributed by atoms with Crippen LogP contribution in [0.3, 0.4) is 0 Å². The van der Waals surface area contributed by atoms with Gasteiger partial charge in [0.1, 0.15) is 5.01 Å². The Labute approximate surface area is 166 Å². The number of nitrogens with one attached hydrogen (secondary N) is 1. The number of nitrogens with zero attached hydrogens (tertiary/aromatic N) is 2. The van der Waals surface area contributed by atoms with Gasteiger partial charge in [-0.25, -0.2) is 4.98 Å². The molecule has 4 rings (SSSR count). The number of thiazole rings is 1. The van der Waals surface area contributed by atoms with Crippen molar-refractivity contribution < 1.29 is 14.7 Å². The number of aromatic nitrogens is 2. The number of carbonyl (C=O) groups is 2. The maximum atomic E-state index is 13.0. The Morgan fingerprint density at radius 1 is 1.07 bits per heavy atom. The highest BCUT2D eigenvalue weighted by Gasteiger charge is 2.45. The number of benzene rings is 1. The van der Waals surface area contributed by atoms with Crippen LogP contribution in [0.25, 0.3) is 11.4 Å². The van der Waals surface area contributed by atoms with Gasteiger partial charge in [0.25, 0.3) is 0 Å². The Bertz CT molecular complexity index is 991. The highest BCUT2D eigenvalue weighted by Crippen LogP contribution is 2.40. The van der Waals surface area contributed by atoms with Crippen molar-refractivity contribution in [3.05, 3.63) is 70.2 Å². The number of carboxylic acids is 1. The molecule has 2 heterocycles. The van der Waals surface area contributed by atoms with Gasteiger partial charge in [-0.3, -0.25) is 14.6 Å². The fourth-order valence-electron chi connectivity index (χ4n) is 3.72. The predicted octanol–water partition coefficient (Wildman–Crippen LogP) is 3.08. The summed E-state index contributed by atoms with van der Waals surface area (Å²) < 4.78 is 0. The zero-order chi connectivity index (χ0) is 19.6. The number of rotatable bonds is 6. The van der Waals surface area contributed by atoms with Crippen molar-refractivity contribution in [2.24, 2.45) is 5.41 Å². The van der Waals surface area contributed by atoms with E-state index in [0.717, 1.165) is 27.5 Å². The molecule has 28 heavy (non-hydrogen) atoms. The van der Waals surface area contributed by atoms with Crippen molar-refractivity contribution >= 4 is 23.2 Å². The fourth-order valence-corrected chi connectivity index (χ4v) is 4.44. The van der Waals surface area contributed by atoms with Gasteiger partial charge in [0.15, 0.2) is 0 Å². The third kappa shape index (κ3) is 3.66. The Hall–Kier alpha value is -3.06. The molecule has 1 aromatic carbocycles. The van der Waals surface area contributed by atoms with E-state index in [1.165, 1.54) is 11.3 Å². The van der Waals surface area contributed by atoms with E-state index in [9.17, 15) is 14.7 Å². The lowest BCUT2D eigenvalue weighted by Gasteiger charge is -2.25. The minimum Gasteiger partial charge on any atom is -0.481 e. The van der Waals surface area contributed by atoms with Crippen LogP contribution in [0.5, 0.6) is 0 Å². The van der Waals surface area contributed by atoms with E-state index < -0.39 is 11.4 Å². The summed E-state index contributed by atoms with van der Waals surface area (Å²) in [5, 5.41) is 15.0. The van der Waals surface area contributed by atoms with E-state index in [-0.39, 0.29) is 18.9 Å². The van der Waals surface area contributed by atoms with Gasteiger partial charge in [-0.15, -0.1) is 11.3 Å². The molecule has 0 radical (unpaired) electrons. The molecular weight excluding hydrogens is 374 g/mol. The summed E-state index contributed by atoms with van der Waals surface area (Å²) in [7, 11) is 0. The summed E-state index contributed by atoms with van der Waals surface area (Å²) in [6, 6.07) is 13.4. The monoisotopic (exact) mass is 393 g/mol. The maximum Gasteiger partial charge on any atom is 0.304 e. The van der Waals surface area contributed by atoms with Gasteiger partial charge in [-0.2, -0.15) is 0 Å². The molecule has 3 aromatic rings. The zero-order valence-electron chi connectivity index (χ0n) is 15.1. The number of carboxylic acid groups (broad SMARTS) is 1. The van der Waals surface area contributed by atoms with Gasteiger partial charge in [0.2, 0.25) is 5.91 Å². The predicted molar refractivity (Wildman–Crippen MR) is 106 cm³/mol. The average Bonchev–Trinajstić information content (AvgIpc) is 3.31. The molecule has 0 unspecified atom stereocenters. The number of aliphatic carboxylic acids is 1. The molecule has 6 nitrogen and oxygen atoms in total. The maximum absolute atomic E-state index is 13.0.